The van der Waals surface area contributed by atoms with Crippen LogP contribution >= 0.6 is 0 Å². The van der Waals surface area contributed by atoms with E-state index in [1.807, 2.05) is 0 Å². The molecule has 1 atom stereocenters. The highest BCUT2D eigenvalue weighted by Gasteiger charge is 2.16. The molecule has 100 valence electrons. The fraction of sp³-hybridized carbons (Fsp3) is 0.667. The summed E-state index contributed by atoms with van der Waals surface area (Å²) in [6.07, 6.45) is 2.71. The number of pyridine rings is 1. The summed E-state index contributed by atoms with van der Waals surface area (Å²) in [7, 11) is 0. The van der Waals surface area contributed by atoms with Crippen molar-refractivity contribution in [2.24, 2.45) is 5.92 Å². The SMILES string of the molecule is CCNCc1cccc(CN2CCCC(C)C2)n1. The van der Waals surface area contributed by atoms with Gasteiger partial charge in [0.2, 0.25) is 0 Å². The monoisotopic (exact) mass is 247 g/mol. The zero-order valence-corrected chi connectivity index (χ0v) is 11.7. The summed E-state index contributed by atoms with van der Waals surface area (Å²) in [5.41, 5.74) is 2.36. The van der Waals surface area contributed by atoms with Crippen LogP contribution in [0.1, 0.15) is 38.1 Å². The molecule has 0 aliphatic carbocycles. The van der Waals surface area contributed by atoms with Crippen LogP contribution in [-0.4, -0.2) is 29.5 Å². The van der Waals surface area contributed by atoms with Crippen molar-refractivity contribution in [3.05, 3.63) is 29.6 Å². The molecule has 0 bridgehead atoms. The Hall–Kier alpha value is -0.930. The second-order valence-electron chi connectivity index (χ2n) is 5.38. The molecule has 1 saturated heterocycles. The molecule has 1 aromatic rings. The fourth-order valence-corrected chi connectivity index (χ4v) is 2.63. The van der Waals surface area contributed by atoms with Crippen LogP contribution in [0.5, 0.6) is 0 Å². The summed E-state index contributed by atoms with van der Waals surface area (Å²) in [6.45, 7) is 9.79. The van der Waals surface area contributed by atoms with Gasteiger partial charge in [-0.05, 0) is 44.0 Å². The molecular formula is C15H25N3. The van der Waals surface area contributed by atoms with Crippen molar-refractivity contribution in [2.75, 3.05) is 19.6 Å². The number of hydrogen-bond donors (Lipinski definition) is 1. The van der Waals surface area contributed by atoms with Crippen LogP contribution in [0.3, 0.4) is 0 Å². The number of piperidine rings is 1. The molecule has 1 unspecified atom stereocenters. The van der Waals surface area contributed by atoms with Crippen molar-refractivity contribution in [1.29, 1.82) is 0 Å². The second-order valence-corrected chi connectivity index (χ2v) is 5.38. The van der Waals surface area contributed by atoms with E-state index in [2.05, 4.69) is 42.3 Å². The van der Waals surface area contributed by atoms with E-state index in [0.717, 1.165) is 31.2 Å². The first-order valence-electron chi connectivity index (χ1n) is 7.16. The summed E-state index contributed by atoms with van der Waals surface area (Å²) in [5, 5.41) is 3.33. The molecule has 1 aromatic heterocycles. The highest BCUT2D eigenvalue weighted by molar-refractivity contribution is 5.11. The maximum atomic E-state index is 4.73. The van der Waals surface area contributed by atoms with Gasteiger partial charge in [0.05, 0.1) is 11.4 Å². The Morgan fingerprint density at radius 2 is 2.22 bits per heavy atom. The van der Waals surface area contributed by atoms with Gasteiger partial charge in [0.1, 0.15) is 0 Å². The lowest BCUT2D eigenvalue weighted by molar-refractivity contribution is 0.174. The van der Waals surface area contributed by atoms with E-state index in [9.17, 15) is 0 Å². The van der Waals surface area contributed by atoms with Gasteiger partial charge in [-0.3, -0.25) is 9.88 Å². The zero-order valence-electron chi connectivity index (χ0n) is 11.7. The minimum absolute atomic E-state index is 0.837. The molecule has 1 aliphatic rings. The van der Waals surface area contributed by atoms with E-state index in [0.29, 0.717) is 0 Å². The first kappa shape index (κ1) is 13.5. The molecule has 1 fully saturated rings. The Balaban J connectivity index is 1.91. The van der Waals surface area contributed by atoms with E-state index in [-0.39, 0.29) is 0 Å². The van der Waals surface area contributed by atoms with Crippen molar-refractivity contribution in [3.8, 4) is 0 Å². The summed E-state index contributed by atoms with van der Waals surface area (Å²) in [5.74, 6) is 0.837. The van der Waals surface area contributed by atoms with Crippen LogP contribution in [-0.2, 0) is 13.1 Å². The third kappa shape index (κ3) is 4.07. The molecule has 3 nitrogen and oxygen atoms in total. The molecule has 0 aromatic carbocycles. The summed E-state index contributed by atoms with van der Waals surface area (Å²) >= 11 is 0. The zero-order chi connectivity index (χ0) is 12.8. The third-order valence-electron chi connectivity index (χ3n) is 3.55. The average Bonchev–Trinajstić information content (AvgIpc) is 2.37. The smallest absolute Gasteiger partial charge is 0.0547 e. The Morgan fingerprint density at radius 1 is 1.39 bits per heavy atom. The minimum atomic E-state index is 0.837. The first-order chi connectivity index (χ1) is 8.78. The molecular weight excluding hydrogens is 222 g/mol. The van der Waals surface area contributed by atoms with Crippen LogP contribution in [0.4, 0.5) is 0 Å². The fourth-order valence-electron chi connectivity index (χ4n) is 2.63. The maximum Gasteiger partial charge on any atom is 0.0547 e. The van der Waals surface area contributed by atoms with Crippen LogP contribution < -0.4 is 5.32 Å². The number of nitrogens with one attached hydrogen (secondary N) is 1. The quantitative estimate of drug-likeness (QED) is 0.866. The van der Waals surface area contributed by atoms with Gasteiger partial charge in [0, 0.05) is 19.6 Å². The van der Waals surface area contributed by atoms with Crippen LogP contribution in [0.2, 0.25) is 0 Å². The predicted molar refractivity (Wildman–Crippen MR) is 75.3 cm³/mol. The van der Waals surface area contributed by atoms with Gasteiger partial charge < -0.3 is 5.32 Å². The van der Waals surface area contributed by atoms with Crippen LogP contribution in [0.15, 0.2) is 18.2 Å². The minimum Gasteiger partial charge on any atom is -0.311 e. The van der Waals surface area contributed by atoms with E-state index in [1.165, 1.54) is 31.6 Å². The molecule has 2 rings (SSSR count). The van der Waals surface area contributed by atoms with Gasteiger partial charge in [-0.1, -0.05) is 19.9 Å². The van der Waals surface area contributed by atoms with Crippen LogP contribution in [0, 0.1) is 5.92 Å². The van der Waals surface area contributed by atoms with Crippen LogP contribution in [0.25, 0.3) is 0 Å². The first-order valence-corrected chi connectivity index (χ1v) is 7.16. The lowest BCUT2D eigenvalue weighted by atomic mass is 10.0. The van der Waals surface area contributed by atoms with E-state index >= 15 is 0 Å². The Labute approximate surface area is 111 Å². The largest absolute Gasteiger partial charge is 0.311 e. The van der Waals surface area contributed by atoms with E-state index < -0.39 is 0 Å². The molecule has 0 saturated carbocycles. The van der Waals surface area contributed by atoms with Gasteiger partial charge in [0.15, 0.2) is 0 Å². The predicted octanol–water partition coefficient (Wildman–Crippen LogP) is 2.42. The van der Waals surface area contributed by atoms with Crippen molar-refractivity contribution >= 4 is 0 Å². The maximum absolute atomic E-state index is 4.73. The summed E-state index contributed by atoms with van der Waals surface area (Å²) in [6, 6.07) is 6.38. The molecule has 18 heavy (non-hydrogen) atoms. The van der Waals surface area contributed by atoms with Gasteiger partial charge in [-0.25, -0.2) is 0 Å². The van der Waals surface area contributed by atoms with Crippen molar-refractivity contribution < 1.29 is 0 Å². The lowest BCUT2D eigenvalue weighted by Crippen LogP contribution is -2.34. The molecule has 3 heteroatoms. The van der Waals surface area contributed by atoms with E-state index in [1.54, 1.807) is 0 Å². The molecule has 0 spiro atoms. The summed E-state index contributed by atoms with van der Waals surface area (Å²) < 4.78 is 0. The van der Waals surface area contributed by atoms with Gasteiger partial charge >= 0.3 is 0 Å². The van der Waals surface area contributed by atoms with E-state index in [4.69, 9.17) is 4.98 Å². The summed E-state index contributed by atoms with van der Waals surface area (Å²) in [4.78, 5) is 7.26. The van der Waals surface area contributed by atoms with Crippen molar-refractivity contribution in [3.63, 3.8) is 0 Å². The Bertz CT molecular complexity index is 365. The Kier molecular flexibility index (Phi) is 5.14. The molecule has 0 amide bonds. The highest BCUT2D eigenvalue weighted by Crippen LogP contribution is 2.17. The molecule has 0 radical (unpaired) electrons. The van der Waals surface area contributed by atoms with Crippen molar-refractivity contribution in [2.45, 2.75) is 39.8 Å². The number of nitrogens with zero attached hydrogens (tertiary/aromatic N) is 2. The van der Waals surface area contributed by atoms with Gasteiger partial charge in [-0.15, -0.1) is 0 Å². The van der Waals surface area contributed by atoms with Gasteiger partial charge in [0.25, 0.3) is 0 Å². The highest BCUT2D eigenvalue weighted by atomic mass is 15.1. The topological polar surface area (TPSA) is 28.2 Å². The molecule has 1 aliphatic heterocycles. The normalized spacial score (nSPS) is 21.1. The number of likely N-dealkylation sites (tertiary alicyclic amines) is 1. The van der Waals surface area contributed by atoms with Gasteiger partial charge in [-0.2, -0.15) is 0 Å². The Morgan fingerprint density at radius 3 is 3.00 bits per heavy atom. The molecule has 1 N–H and O–H groups in total. The second kappa shape index (κ2) is 6.86. The third-order valence-corrected chi connectivity index (χ3v) is 3.55. The number of aromatic nitrogens is 1. The number of rotatable bonds is 5. The standard InChI is InChI=1S/C15H25N3/c1-3-16-10-14-7-4-8-15(17-14)12-18-9-5-6-13(2)11-18/h4,7-8,13,16H,3,5-6,9-12H2,1-2H3. The number of hydrogen-bond acceptors (Lipinski definition) is 3. The molecule has 2 heterocycles. The average molecular weight is 247 g/mol. The van der Waals surface area contributed by atoms with Crippen molar-refractivity contribution in [1.82, 2.24) is 15.2 Å². The lowest BCUT2D eigenvalue weighted by Gasteiger charge is -2.30.